The average Bonchev–Trinajstić information content (AvgIpc) is 2.40. The van der Waals surface area contributed by atoms with Crippen LogP contribution in [0.15, 0.2) is 41.8 Å². The molecule has 1 fully saturated rings. The number of aliphatic hydroxyl groups is 1. The van der Waals surface area contributed by atoms with Crippen LogP contribution >= 0.6 is 11.8 Å². The van der Waals surface area contributed by atoms with Crippen LogP contribution in [0.25, 0.3) is 0 Å². The van der Waals surface area contributed by atoms with Crippen LogP contribution in [0.3, 0.4) is 0 Å². The second kappa shape index (κ2) is 6.86. The summed E-state index contributed by atoms with van der Waals surface area (Å²) in [5.41, 5.74) is 1.21. The molecule has 0 heterocycles. The summed E-state index contributed by atoms with van der Waals surface area (Å²) in [5, 5.41) is 13.1. The maximum absolute atomic E-state index is 9.52. The predicted molar refractivity (Wildman–Crippen MR) is 79.2 cm³/mol. The monoisotopic (exact) mass is 263 g/mol. The minimum absolute atomic E-state index is 0.0894. The Bertz CT molecular complexity index is 386. The highest BCUT2D eigenvalue weighted by Crippen LogP contribution is 2.30. The fourth-order valence-corrected chi connectivity index (χ4v) is 3.06. The van der Waals surface area contributed by atoms with E-state index in [9.17, 15) is 5.11 Å². The van der Waals surface area contributed by atoms with Crippen LogP contribution in [0, 0.1) is 0 Å². The smallest absolute Gasteiger partial charge is 0.0541 e. The molecule has 0 radical (unpaired) electrons. The van der Waals surface area contributed by atoms with E-state index < -0.39 is 0 Å². The number of rotatable bonds is 5. The Kier molecular flexibility index (Phi) is 5.14. The van der Waals surface area contributed by atoms with Crippen LogP contribution in [0.5, 0.6) is 0 Å². The molecule has 0 amide bonds. The number of aliphatic hydroxyl groups excluding tert-OH is 1. The van der Waals surface area contributed by atoms with E-state index in [2.05, 4.69) is 36.2 Å². The number of anilines is 1. The Morgan fingerprint density at radius 2 is 2.00 bits per heavy atom. The molecule has 2 rings (SSSR count). The first-order chi connectivity index (χ1) is 8.79. The van der Waals surface area contributed by atoms with E-state index in [1.165, 1.54) is 10.6 Å². The zero-order chi connectivity index (χ0) is 12.8. The molecule has 3 heteroatoms. The molecule has 1 aliphatic carbocycles. The van der Waals surface area contributed by atoms with Crippen molar-refractivity contribution in [2.75, 3.05) is 11.1 Å². The predicted octanol–water partition coefficient (Wildman–Crippen LogP) is 3.68. The molecule has 1 aromatic rings. The number of hydrogen-bond donors (Lipinski definition) is 2. The topological polar surface area (TPSA) is 32.3 Å². The van der Waals surface area contributed by atoms with Crippen molar-refractivity contribution < 1.29 is 5.11 Å². The minimum Gasteiger partial charge on any atom is -0.393 e. The number of nitrogens with one attached hydrogen (secondary N) is 1. The zero-order valence-corrected chi connectivity index (χ0v) is 11.5. The van der Waals surface area contributed by atoms with Crippen molar-refractivity contribution in [3.05, 3.63) is 36.9 Å². The molecule has 0 bridgehead atoms. The second-order valence-electron chi connectivity index (χ2n) is 4.75. The standard InChI is InChI=1S/C15H21NOS/c1-2-11-18-15-6-4-3-5-14(15)16-12-7-9-13(17)10-8-12/h2-6,12-13,16-17H,1,7-11H2. The molecule has 0 aromatic heterocycles. The Morgan fingerprint density at radius 3 is 2.72 bits per heavy atom. The van der Waals surface area contributed by atoms with Gasteiger partial charge >= 0.3 is 0 Å². The fourth-order valence-electron chi connectivity index (χ4n) is 2.30. The van der Waals surface area contributed by atoms with Crippen LogP contribution in [-0.2, 0) is 0 Å². The highest BCUT2D eigenvalue weighted by molar-refractivity contribution is 7.99. The van der Waals surface area contributed by atoms with Crippen molar-refractivity contribution in [2.45, 2.75) is 42.7 Å². The van der Waals surface area contributed by atoms with E-state index >= 15 is 0 Å². The summed E-state index contributed by atoms with van der Waals surface area (Å²) in [5.74, 6) is 0.933. The third kappa shape index (κ3) is 3.79. The summed E-state index contributed by atoms with van der Waals surface area (Å²) >= 11 is 1.81. The van der Waals surface area contributed by atoms with Gasteiger partial charge in [-0.25, -0.2) is 0 Å². The summed E-state index contributed by atoms with van der Waals surface area (Å²) in [6.45, 7) is 3.76. The van der Waals surface area contributed by atoms with E-state index in [1.807, 2.05) is 6.08 Å². The number of hydrogen-bond acceptors (Lipinski definition) is 3. The van der Waals surface area contributed by atoms with Gasteiger partial charge in [-0.2, -0.15) is 0 Å². The Labute approximate surface area is 113 Å². The fraction of sp³-hybridized carbons (Fsp3) is 0.467. The van der Waals surface area contributed by atoms with Crippen molar-refractivity contribution in [1.82, 2.24) is 0 Å². The van der Waals surface area contributed by atoms with Crippen LogP contribution in [-0.4, -0.2) is 23.0 Å². The highest BCUT2D eigenvalue weighted by Gasteiger charge is 2.19. The van der Waals surface area contributed by atoms with Crippen molar-refractivity contribution in [3.8, 4) is 0 Å². The van der Waals surface area contributed by atoms with E-state index in [-0.39, 0.29) is 6.10 Å². The van der Waals surface area contributed by atoms with E-state index in [1.54, 1.807) is 11.8 Å². The van der Waals surface area contributed by atoms with Gasteiger partial charge in [0.1, 0.15) is 0 Å². The normalized spacial score (nSPS) is 23.6. The molecule has 0 spiro atoms. The molecular formula is C15H21NOS. The van der Waals surface area contributed by atoms with Gasteiger partial charge in [-0.1, -0.05) is 18.2 Å². The summed E-state index contributed by atoms with van der Waals surface area (Å²) in [6, 6.07) is 8.92. The molecular weight excluding hydrogens is 242 g/mol. The number of para-hydroxylation sites is 1. The van der Waals surface area contributed by atoms with Crippen LogP contribution in [0.2, 0.25) is 0 Å². The Morgan fingerprint density at radius 1 is 1.28 bits per heavy atom. The van der Waals surface area contributed by atoms with Gasteiger partial charge < -0.3 is 10.4 Å². The van der Waals surface area contributed by atoms with Gasteiger partial charge in [-0.3, -0.25) is 0 Å². The molecule has 1 aliphatic rings. The van der Waals surface area contributed by atoms with Gasteiger partial charge in [-0.15, -0.1) is 18.3 Å². The van der Waals surface area contributed by atoms with Crippen LogP contribution < -0.4 is 5.32 Å². The molecule has 0 saturated heterocycles. The van der Waals surface area contributed by atoms with Crippen LogP contribution in [0.4, 0.5) is 5.69 Å². The van der Waals surface area contributed by atoms with E-state index in [0.29, 0.717) is 6.04 Å². The van der Waals surface area contributed by atoms with Gasteiger partial charge in [0.05, 0.1) is 6.10 Å². The first kappa shape index (κ1) is 13.5. The summed E-state index contributed by atoms with van der Waals surface area (Å²) in [6.07, 6.45) is 5.79. The first-order valence-electron chi connectivity index (χ1n) is 6.57. The molecule has 1 saturated carbocycles. The van der Waals surface area contributed by atoms with Crippen molar-refractivity contribution in [2.24, 2.45) is 0 Å². The molecule has 1 aromatic carbocycles. The lowest BCUT2D eigenvalue weighted by Crippen LogP contribution is -2.28. The lowest BCUT2D eigenvalue weighted by molar-refractivity contribution is 0.126. The third-order valence-corrected chi connectivity index (χ3v) is 4.37. The van der Waals surface area contributed by atoms with Gasteiger partial charge in [0.2, 0.25) is 0 Å². The Hall–Kier alpha value is -0.930. The molecule has 2 N–H and O–H groups in total. The number of benzene rings is 1. The largest absolute Gasteiger partial charge is 0.393 e. The Balaban J connectivity index is 1.97. The molecule has 0 aliphatic heterocycles. The maximum Gasteiger partial charge on any atom is 0.0541 e. The number of thioether (sulfide) groups is 1. The van der Waals surface area contributed by atoms with Crippen LogP contribution in [0.1, 0.15) is 25.7 Å². The van der Waals surface area contributed by atoms with Crippen molar-refractivity contribution in [1.29, 1.82) is 0 Å². The summed E-state index contributed by atoms with van der Waals surface area (Å²) in [7, 11) is 0. The van der Waals surface area contributed by atoms with E-state index in [0.717, 1.165) is 31.4 Å². The summed E-state index contributed by atoms with van der Waals surface area (Å²) in [4.78, 5) is 1.28. The highest BCUT2D eigenvalue weighted by atomic mass is 32.2. The van der Waals surface area contributed by atoms with E-state index in [4.69, 9.17) is 0 Å². The van der Waals surface area contributed by atoms with Gasteiger partial charge in [-0.05, 0) is 37.8 Å². The quantitative estimate of drug-likeness (QED) is 0.628. The molecule has 98 valence electrons. The average molecular weight is 263 g/mol. The SMILES string of the molecule is C=CCSc1ccccc1NC1CCC(O)CC1. The molecule has 0 unspecified atom stereocenters. The molecule has 2 nitrogen and oxygen atoms in total. The van der Waals surface area contributed by atoms with Crippen molar-refractivity contribution >= 4 is 17.4 Å². The third-order valence-electron chi connectivity index (χ3n) is 3.30. The molecule has 18 heavy (non-hydrogen) atoms. The molecule has 0 atom stereocenters. The minimum atomic E-state index is -0.0894. The van der Waals surface area contributed by atoms with Gasteiger partial charge in [0, 0.05) is 22.4 Å². The van der Waals surface area contributed by atoms with Crippen molar-refractivity contribution in [3.63, 3.8) is 0 Å². The van der Waals surface area contributed by atoms with Gasteiger partial charge in [0.25, 0.3) is 0 Å². The second-order valence-corrected chi connectivity index (χ2v) is 5.81. The lowest BCUT2D eigenvalue weighted by Gasteiger charge is -2.27. The first-order valence-corrected chi connectivity index (χ1v) is 7.55. The summed E-state index contributed by atoms with van der Waals surface area (Å²) < 4.78 is 0. The lowest BCUT2D eigenvalue weighted by atomic mass is 9.93. The maximum atomic E-state index is 9.52. The zero-order valence-electron chi connectivity index (χ0n) is 10.6. The van der Waals surface area contributed by atoms with Gasteiger partial charge in [0.15, 0.2) is 0 Å².